The Morgan fingerprint density at radius 1 is 1.06 bits per heavy atom. The lowest BCUT2D eigenvalue weighted by Crippen LogP contribution is -2.48. The Balaban J connectivity index is 0.000000257. The lowest BCUT2D eigenvalue weighted by molar-refractivity contribution is -0.146. The molecule has 3 N–H and O–H groups in total. The molecule has 1 atom stereocenters. The van der Waals surface area contributed by atoms with Gasteiger partial charge in [-0.05, 0) is 51.7 Å². The summed E-state index contributed by atoms with van der Waals surface area (Å²) in [6, 6.07) is 9.56. The van der Waals surface area contributed by atoms with Crippen molar-refractivity contribution in [2.24, 2.45) is 5.41 Å². The molecule has 1 saturated heterocycles. The van der Waals surface area contributed by atoms with Crippen LogP contribution in [0.5, 0.6) is 0 Å². The van der Waals surface area contributed by atoms with Crippen LogP contribution in [0.15, 0.2) is 53.6 Å². The summed E-state index contributed by atoms with van der Waals surface area (Å²) in [6.45, 7) is 10.4. The highest BCUT2D eigenvalue weighted by atomic mass is 16.6. The topological polar surface area (TPSA) is 116 Å². The van der Waals surface area contributed by atoms with Gasteiger partial charge in [-0.3, -0.25) is 4.79 Å². The molecule has 1 heterocycles. The predicted molar refractivity (Wildman–Crippen MR) is 125 cm³/mol. The fraction of sp³-hybridized carbons (Fsp3) is 0.480. The van der Waals surface area contributed by atoms with Crippen LogP contribution in [0, 0.1) is 5.41 Å². The molecule has 1 aromatic rings. The monoisotopic (exact) mass is 458 g/mol. The molecule has 8 heteroatoms. The SMILES string of the molecule is CC(C)(C)OC(=O)N1CCNCC1.C[C@]1(C(=O)O)CC(C(=O)O)=CC=C1Cc1ccccc1. The number of aliphatic carboxylic acids is 2. The molecule has 0 aromatic heterocycles. The maximum atomic E-state index is 11.6. The number of benzene rings is 1. The predicted octanol–water partition coefficient (Wildman–Crippen LogP) is 3.49. The highest BCUT2D eigenvalue weighted by Crippen LogP contribution is 2.39. The molecule has 8 nitrogen and oxygen atoms in total. The van der Waals surface area contributed by atoms with E-state index in [0.717, 1.165) is 37.3 Å². The van der Waals surface area contributed by atoms with E-state index in [0.29, 0.717) is 6.42 Å². The van der Waals surface area contributed by atoms with Gasteiger partial charge in [-0.15, -0.1) is 0 Å². The molecule has 0 spiro atoms. The van der Waals surface area contributed by atoms with Crippen molar-refractivity contribution in [3.05, 3.63) is 59.2 Å². The summed E-state index contributed by atoms with van der Waals surface area (Å²) >= 11 is 0. The third-order valence-corrected chi connectivity index (χ3v) is 5.49. The van der Waals surface area contributed by atoms with Crippen molar-refractivity contribution < 1.29 is 29.3 Å². The smallest absolute Gasteiger partial charge is 0.410 e. The molecule has 0 radical (unpaired) electrons. The second-order valence-corrected chi connectivity index (χ2v) is 9.38. The summed E-state index contributed by atoms with van der Waals surface area (Å²) in [5.74, 6) is -2.06. The molecule has 1 aliphatic carbocycles. The van der Waals surface area contributed by atoms with Crippen LogP contribution in [0.2, 0.25) is 0 Å². The lowest BCUT2D eigenvalue weighted by Gasteiger charge is -2.31. The first-order valence-corrected chi connectivity index (χ1v) is 11.0. The van der Waals surface area contributed by atoms with Crippen LogP contribution in [0.4, 0.5) is 4.79 Å². The zero-order chi connectivity index (χ0) is 24.6. The number of allylic oxidation sites excluding steroid dienone is 2. The number of carboxylic acid groups (broad SMARTS) is 2. The first kappa shape index (κ1) is 26.1. The largest absolute Gasteiger partial charge is 0.481 e. The van der Waals surface area contributed by atoms with Gasteiger partial charge < -0.3 is 25.2 Å². The highest BCUT2D eigenvalue weighted by Gasteiger charge is 2.40. The number of amides is 1. The van der Waals surface area contributed by atoms with E-state index in [1.165, 1.54) is 6.08 Å². The van der Waals surface area contributed by atoms with Gasteiger partial charge in [0.25, 0.3) is 0 Å². The second kappa shape index (κ2) is 11.1. The molecular weight excluding hydrogens is 424 g/mol. The van der Waals surface area contributed by atoms with E-state index < -0.39 is 17.4 Å². The molecule has 180 valence electrons. The van der Waals surface area contributed by atoms with Crippen molar-refractivity contribution in [1.82, 2.24) is 10.2 Å². The summed E-state index contributed by atoms with van der Waals surface area (Å²) < 4.78 is 5.24. The number of carbonyl (C=O) groups is 3. The van der Waals surface area contributed by atoms with Gasteiger partial charge in [-0.1, -0.05) is 42.5 Å². The van der Waals surface area contributed by atoms with E-state index in [-0.39, 0.29) is 23.7 Å². The van der Waals surface area contributed by atoms with Gasteiger partial charge in [0.15, 0.2) is 0 Å². The number of carboxylic acids is 2. The van der Waals surface area contributed by atoms with Gasteiger partial charge in [0.1, 0.15) is 5.60 Å². The number of ether oxygens (including phenoxy) is 1. The minimum Gasteiger partial charge on any atom is -0.481 e. The molecule has 33 heavy (non-hydrogen) atoms. The second-order valence-electron chi connectivity index (χ2n) is 9.38. The van der Waals surface area contributed by atoms with Crippen LogP contribution in [-0.2, 0) is 20.7 Å². The van der Waals surface area contributed by atoms with Crippen LogP contribution in [0.25, 0.3) is 0 Å². The van der Waals surface area contributed by atoms with Crippen molar-refractivity contribution in [2.75, 3.05) is 26.2 Å². The van der Waals surface area contributed by atoms with Crippen LogP contribution in [0.3, 0.4) is 0 Å². The molecule has 1 fully saturated rings. The van der Waals surface area contributed by atoms with Crippen molar-refractivity contribution in [1.29, 1.82) is 0 Å². The van der Waals surface area contributed by atoms with Crippen LogP contribution in [0.1, 0.15) is 39.7 Å². The Labute approximate surface area is 194 Å². The Morgan fingerprint density at radius 2 is 1.67 bits per heavy atom. The fourth-order valence-electron chi connectivity index (χ4n) is 3.54. The van der Waals surface area contributed by atoms with E-state index >= 15 is 0 Å². The molecule has 0 unspecified atom stereocenters. The summed E-state index contributed by atoms with van der Waals surface area (Å²) in [6.07, 6.45) is 3.46. The zero-order valence-corrected chi connectivity index (χ0v) is 19.8. The molecule has 0 bridgehead atoms. The Morgan fingerprint density at radius 3 is 2.18 bits per heavy atom. The summed E-state index contributed by atoms with van der Waals surface area (Å²) in [5, 5.41) is 21.7. The third kappa shape index (κ3) is 7.75. The maximum Gasteiger partial charge on any atom is 0.410 e. The molecule has 1 aromatic carbocycles. The molecule has 1 amide bonds. The first-order valence-electron chi connectivity index (χ1n) is 11.0. The van der Waals surface area contributed by atoms with Gasteiger partial charge in [0, 0.05) is 31.8 Å². The number of hydrogen-bond donors (Lipinski definition) is 3. The number of carbonyl (C=O) groups excluding carboxylic acids is 1. The number of piperazine rings is 1. The number of nitrogens with zero attached hydrogens (tertiary/aromatic N) is 1. The van der Waals surface area contributed by atoms with Crippen molar-refractivity contribution in [2.45, 2.75) is 46.1 Å². The average Bonchev–Trinajstić information content (AvgIpc) is 2.75. The lowest BCUT2D eigenvalue weighted by atomic mass is 9.71. The number of hydrogen-bond acceptors (Lipinski definition) is 5. The van der Waals surface area contributed by atoms with Gasteiger partial charge in [0.2, 0.25) is 0 Å². The minimum absolute atomic E-state index is 0.0103. The van der Waals surface area contributed by atoms with Crippen LogP contribution < -0.4 is 5.32 Å². The van der Waals surface area contributed by atoms with E-state index in [1.54, 1.807) is 17.9 Å². The molecule has 0 saturated carbocycles. The van der Waals surface area contributed by atoms with Crippen molar-refractivity contribution in [3.8, 4) is 0 Å². The molecule has 3 rings (SSSR count). The average molecular weight is 459 g/mol. The van der Waals surface area contributed by atoms with Crippen LogP contribution in [-0.4, -0.2) is 64.9 Å². The quantitative estimate of drug-likeness (QED) is 0.632. The Bertz CT molecular complexity index is 911. The summed E-state index contributed by atoms with van der Waals surface area (Å²) in [5.41, 5.74) is 0.312. The zero-order valence-electron chi connectivity index (χ0n) is 19.8. The number of rotatable bonds is 4. The minimum atomic E-state index is -1.17. The van der Waals surface area contributed by atoms with E-state index in [1.807, 2.05) is 51.1 Å². The van der Waals surface area contributed by atoms with Gasteiger partial charge in [0.05, 0.1) is 5.41 Å². The van der Waals surface area contributed by atoms with Gasteiger partial charge in [-0.25, -0.2) is 9.59 Å². The molecular formula is C25H34N2O6. The van der Waals surface area contributed by atoms with Crippen molar-refractivity contribution in [3.63, 3.8) is 0 Å². The molecule has 2 aliphatic rings. The Kier molecular flexibility index (Phi) is 8.82. The fourth-order valence-corrected chi connectivity index (χ4v) is 3.54. The first-order chi connectivity index (χ1) is 15.4. The summed E-state index contributed by atoms with van der Waals surface area (Å²) in [7, 11) is 0. The standard InChI is InChI=1S/C16H16O4.C9H18N2O2/c1-16(15(19)20)10-12(14(17)18)7-8-13(16)9-11-5-3-2-4-6-11;1-9(2,3)13-8(12)11-6-4-10-5-7-11/h2-8H,9-10H2,1H3,(H,17,18)(H,19,20);10H,4-7H2,1-3H3/t16-;/m0./s1. The molecule has 1 aliphatic heterocycles. The highest BCUT2D eigenvalue weighted by molar-refractivity contribution is 5.90. The van der Waals surface area contributed by atoms with Crippen LogP contribution >= 0.6 is 0 Å². The van der Waals surface area contributed by atoms with Crippen molar-refractivity contribution >= 4 is 18.0 Å². The maximum absolute atomic E-state index is 11.6. The van der Waals surface area contributed by atoms with Gasteiger partial charge >= 0.3 is 18.0 Å². The number of nitrogens with one attached hydrogen (secondary N) is 1. The Hall–Kier alpha value is -3.13. The van der Waals surface area contributed by atoms with E-state index in [2.05, 4.69) is 5.32 Å². The normalized spacial score (nSPS) is 20.5. The van der Waals surface area contributed by atoms with Gasteiger partial charge in [-0.2, -0.15) is 0 Å². The van der Waals surface area contributed by atoms with E-state index in [9.17, 15) is 19.5 Å². The third-order valence-electron chi connectivity index (χ3n) is 5.49. The summed E-state index contributed by atoms with van der Waals surface area (Å²) in [4.78, 5) is 35.9. The van der Waals surface area contributed by atoms with E-state index in [4.69, 9.17) is 9.84 Å².